The maximum Gasteiger partial charge on any atom is 0.317 e. The van der Waals surface area contributed by atoms with Crippen molar-refractivity contribution < 1.29 is 9.59 Å². The quantitative estimate of drug-likeness (QED) is 0.860. The second-order valence-electron chi connectivity index (χ2n) is 6.76. The second-order valence-corrected chi connectivity index (χ2v) is 6.76. The van der Waals surface area contributed by atoms with Crippen LogP contribution in [0.2, 0.25) is 0 Å². The highest BCUT2D eigenvalue weighted by Gasteiger charge is 2.45. The van der Waals surface area contributed by atoms with Gasteiger partial charge < -0.3 is 15.5 Å². The van der Waals surface area contributed by atoms with E-state index in [1.165, 1.54) is 0 Å². The first-order valence-corrected chi connectivity index (χ1v) is 8.38. The van der Waals surface area contributed by atoms with Crippen LogP contribution in [0, 0.1) is 5.41 Å². The van der Waals surface area contributed by atoms with E-state index in [1.807, 2.05) is 24.4 Å². The highest BCUT2D eigenvalue weighted by molar-refractivity contribution is 5.80. The fourth-order valence-corrected chi connectivity index (χ4v) is 3.54. The maximum atomic E-state index is 12.4. The Balaban J connectivity index is 1.35. The summed E-state index contributed by atoms with van der Waals surface area (Å²) in [6.07, 6.45) is 6.62. The minimum Gasteiger partial charge on any atom is -0.355 e. The molecule has 0 aromatic carbocycles. The van der Waals surface area contributed by atoms with E-state index >= 15 is 0 Å². The molecule has 8 nitrogen and oxygen atoms in total. The summed E-state index contributed by atoms with van der Waals surface area (Å²) in [7, 11) is 0. The number of rotatable bonds is 3. The molecule has 0 radical (unpaired) electrons. The van der Waals surface area contributed by atoms with Crippen LogP contribution in [0.1, 0.15) is 18.4 Å². The van der Waals surface area contributed by atoms with Crippen LogP contribution in [0.25, 0.3) is 5.82 Å². The molecule has 2 aliphatic heterocycles. The summed E-state index contributed by atoms with van der Waals surface area (Å²) in [6.45, 7) is 2.42. The van der Waals surface area contributed by atoms with Crippen molar-refractivity contribution in [1.29, 1.82) is 0 Å². The summed E-state index contributed by atoms with van der Waals surface area (Å²) in [5, 5.41) is 9.99. The Bertz CT molecular complexity index is 790. The number of aromatic nitrogens is 3. The molecule has 4 rings (SSSR count). The van der Waals surface area contributed by atoms with Crippen molar-refractivity contribution in [2.24, 2.45) is 5.41 Å². The average Bonchev–Trinajstić information content (AvgIpc) is 3.35. The zero-order valence-electron chi connectivity index (χ0n) is 13.8. The largest absolute Gasteiger partial charge is 0.355 e. The van der Waals surface area contributed by atoms with Gasteiger partial charge in [0.25, 0.3) is 0 Å². The molecule has 2 aliphatic rings. The lowest BCUT2D eigenvalue weighted by molar-refractivity contribution is -0.119. The van der Waals surface area contributed by atoms with E-state index in [4.69, 9.17) is 0 Å². The molecule has 2 saturated heterocycles. The lowest BCUT2D eigenvalue weighted by Crippen LogP contribution is -2.40. The smallest absolute Gasteiger partial charge is 0.317 e. The van der Waals surface area contributed by atoms with Gasteiger partial charge in [0, 0.05) is 56.6 Å². The van der Waals surface area contributed by atoms with Crippen LogP contribution in [0.5, 0.6) is 0 Å². The van der Waals surface area contributed by atoms with Crippen LogP contribution in [0.3, 0.4) is 0 Å². The van der Waals surface area contributed by atoms with Gasteiger partial charge in [-0.1, -0.05) is 0 Å². The Morgan fingerprint density at radius 3 is 3.08 bits per heavy atom. The molecular formula is C17H20N6O2. The standard InChI is InChI=1S/C17H20N6O2/c24-15-9-17(11-20-15)3-7-22(12-17)16(25)19-10-13-2-5-18-14(8-13)23-6-1-4-21-23/h1-2,4-6,8H,3,7,9-12H2,(H,19,25)(H,20,24). The van der Waals surface area contributed by atoms with Gasteiger partial charge in [-0.25, -0.2) is 14.5 Å². The summed E-state index contributed by atoms with van der Waals surface area (Å²) >= 11 is 0. The Kier molecular flexibility index (Phi) is 3.87. The number of hydrogen-bond donors (Lipinski definition) is 2. The van der Waals surface area contributed by atoms with E-state index < -0.39 is 0 Å². The van der Waals surface area contributed by atoms with Gasteiger partial charge in [0.1, 0.15) is 0 Å². The molecule has 1 spiro atoms. The molecule has 8 heteroatoms. The maximum absolute atomic E-state index is 12.4. The third-order valence-electron chi connectivity index (χ3n) is 4.91. The molecule has 1 atom stereocenters. The number of pyridine rings is 1. The van der Waals surface area contributed by atoms with Crippen LogP contribution < -0.4 is 10.6 Å². The van der Waals surface area contributed by atoms with Crippen molar-refractivity contribution in [2.75, 3.05) is 19.6 Å². The Hall–Kier alpha value is -2.90. The molecule has 2 aromatic rings. The molecule has 0 aliphatic carbocycles. The summed E-state index contributed by atoms with van der Waals surface area (Å²) in [5.41, 5.74) is 0.888. The fraction of sp³-hybridized carbons (Fsp3) is 0.412. The van der Waals surface area contributed by atoms with E-state index in [0.29, 0.717) is 38.4 Å². The normalized spacial score (nSPS) is 22.4. The monoisotopic (exact) mass is 340 g/mol. The number of carbonyl (C=O) groups is 2. The Morgan fingerprint density at radius 1 is 1.40 bits per heavy atom. The van der Waals surface area contributed by atoms with Gasteiger partial charge in [0.05, 0.1) is 0 Å². The van der Waals surface area contributed by atoms with E-state index in [2.05, 4.69) is 20.7 Å². The number of amides is 3. The first-order valence-electron chi connectivity index (χ1n) is 8.38. The lowest BCUT2D eigenvalue weighted by Gasteiger charge is -2.22. The van der Waals surface area contributed by atoms with Crippen LogP contribution in [0.15, 0.2) is 36.8 Å². The van der Waals surface area contributed by atoms with Crippen molar-refractivity contribution in [1.82, 2.24) is 30.3 Å². The van der Waals surface area contributed by atoms with Gasteiger partial charge in [0.2, 0.25) is 5.91 Å². The first kappa shape index (κ1) is 15.6. The Labute approximate surface area is 145 Å². The number of carbonyl (C=O) groups excluding carboxylic acids is 2. The van der Waals surface area contributed by atoms with Crippen molar-refractivity contribution >= 4 is 11.9 Å². The number of likely N-dealkylation sites (tertiary alicyclic amines) is 1. The number of nitrogens with one attached hydrogen (secondary N) is 2. The van der Waals surface area contributed by atoms with Crippen molar-refractivity contribution in [3.63, 3.8) is 0 Å². The van der Waals surface area contributed by atoms with Gasteiger partial charge in [-0.3, -0.25) is 4.79 Å². The summed E-state index contributed by atoms with van der Waals surface area (Å²) in [5.74, 6) is 0.803. The van der Waals surface area contributed by atoms with Crippen LogP contribution in [-0.4, -0.2) is 51.2 Å². The predicted octanol–water partition coefficient (Wildman–Crippen LogP) is 0.689. The molecule has 1 unspecified atom stereocenters. The van der Waals surface area contributed by atoms with E-state index in [-0.39, 0.29) is 17.4 Å². The molecule has 25 heavy (non-hydrogen) atoms. The number of hydrogen-bond acceptors (Lipinski definition) is 4. The third-order valence-corrected chi connectivity index (χ3v) is 4.91. The summed E-state index contributed by atoms with van der Waals surface area (Å²) in [4.78, 5) is 30.0. The predicted molar refractivity (Wildman–Crippen MR) is 89.8 cm³/mol. The molecule has 0 bridgehead atoms. The number of nitrogens with zero attached hydrogens (tertiary/aromatic N) is 4. The van der Waals surface area contributed by atoms with Crippen molar-refractivity contribution in [3.05, 3.63) is 42.4 Å². The zero-order chi connectivity index (χ0) is 17.3. The third kappa shape index (κ3) is 3.19. The van der Waals surface area contributed by atoms with Crippen molar-refractivity contribution in [3.8, 4) is 5.82 Å². The van der Waals surface area contributed by atoms with E-state index in [0.717, 1.165) is 12.0 Å². The molecule has 0 saturated carbocycles. The van der Waals surface area contributed by atoms with Gasteiger partial charge >= 0.3 is 6.03 Å². The van der Waals surface area contributed by atoms with Gasteiger partial charge in [0.15, 0.2) is 5.82 Å². The molecule has 4 heterocycles. The van der Waals surface area contributed by atoms with Gasteiger partial charge in [-0.2, -0.15) is 5.10 Å². The zero-order valence-corrected chi connectivity index (χ0v) is 13.8. The van der Waals surface area contributed by atoms with Gasteiger partial charge in [-0.05, 0) is 30.2 Å². The van der Waals surface area contributed by atoms with Crippen LogP contribution in [0.4, 0.5) is 4.79 Å². The summed E-state index contributed by atoms with van der Waals surface area (Å²) < 4.78 is 1.68. The van der Waals surface area contributed by atoms with E-state index in [1.54, 1.807) is 22.0 Å². The minimum absolute atomic E-state index is 0.0711. The van der Waals surface area contributed by atoms with Crippen molar-refractivity contribution in [2.45, 2.75) is 19.4 Å². The molecular weight excluding hydrogens is 320 g/mol. The molecule has 2 fully saturated rings. The fourth-order valence-electron chi connectivity index (χ4n) is 3.54. The minimum atomic E-state index is -0.0892. The molecule has 3 amide bonds. The average molecular weight is 340 g/mol. The summed E-state index contributed by atoms with van der Waals surface area (Å²) in [6, 6.07) is 5.52. The van der Waals surface area contributed by atoms with Gasteiger partial charge in [-0.15, -0.1) is 0 Å². The first-order chi connectivity index (χ1) is 12.1. The van der Waals surface area contributed by atoms with Crippen LogP contribution in [-0.2, 0) is 11.3 Å². The Morgan fingerprint density at radius 2 is 2.32 bits per heavy atom. The van der Waals surface area contributed by atoms with Crippen LogP contribution >= 0.6 is 0 Å². The topological polar surface area (TPSA) is 92.2 Å². The SMILES string of the molecule is O=C1CC2(CCN(C(=O)NCc3ccnc(-n4cccn4)c3)C2)CN1. The highest BCUT2D eigenvalue weighted by Crippen LogP contribution is 2.36. The van der Waals surface area contributed by atoms with E-state index in [9.17, 15) is 9.59 Å². The molecule has 130 valence electrons. The lowest BCUT2D eigenvalue weighted by atomic mass is 9.86. The molecule has 2 aromatic heterocycles. The highest BCUT2D eigenvalue weighted by atomic mass is 16.2. The molecule has 2 N–H and O–H groups in total. The number of urea groups is 1. The second kappa shape index (κ2) is 6.19.